The lowest BCUT2D eigenvalue weighted by Crippen LogP contribution is -2.57. The van der Waals surface area contributed by atoms with Crippen LogP contribution in [0.15, 0.2) is 35.1 Å². The first-order valence-electron chi connectivity index (χ1n) is 12.2. The van der Waals surface area contributed by atoms with Crippen molar-refractivity contribution in [2.45, 2.75) is 51.7 Å². The molecule has 2 aliphatic heterocycles. The van der Waals surface area contributed by atoms with E-state index in [9.17, 15) is 10.1 Å². The predicted octanol–water partition coefficient (Wildman–Crippen LogP) is 4.44. The molecule has 0 bridgehead atoms. The second kappa shape index (κ2) is 9.18. The maximum Gasteiger partial charge on any atom is 0.252 e. The second-order valence-corrected chi connectivity index (χ2v) is 10.1. The highest BCUT2D eigenvalue weighted by atomic mass is 35.5. The Kier molecular flexibility index (Phi) is 6.20. The Morgan fingerprint density at radius 3 is 2.77 bits per heavy atom. The van der Waals surface area contributed by atoms with Gasteiger partial charge in [0.05, 0.1) is 17.8 Å². The normalized spacial score (nSPS) is 21.0. The molecule has 1 saturated heterocycles. The number of piperazine rings is 1. The first kappa shape index (κ1) is 23.7. The summed E-state index contributed by atoms with van der Waals surface area (Å²) in [7, 11) is 1.74. The van der Waals surface area contributed by atoms with E-state index in [0.29, 0.717) is 17.8 Å². The smallest absolute Gasteiger partial charge is 0.252 e. The topological polar surface area (TPSA) is 74.4 Å². The fraction of sp³-hybridized carbons (Fsp3) is 0.444. The molecular weight excluding hydrogens is 462 g/mol. The van der Waals surface area contributed by atoms with Crippen molar-refractivity contribution in [2.24, 2.45) is 7.05 Å². The minimum absolute atomic E-state index is 0.0839. The molecule has 1 unspecified atom stereocenters. The molecule has 3 aromatic rings. The fourth-order valence-corrected chi connectivity index (χ4v) is 5.94. The number of anilines is 1. The zero-order valence-corrected chi connectivity index (χ0v) is 21.3. The van der Waals surface area contributed by atoms with Crippen LogP contribution in [0.25, 0.3) is 11.0 Å². The third-order valence-corrected chi connectivity index (χ3v) is 7.67. The highest BCUT2D eigenvalue weighted by Gasteiger charge is 2.36. The Balaban J connectivity index is 1.51. The number of fused-ring (bicyclic) bond motifs is 2. The molecule has 3 atom stereocenters. The summed E-state index contributed by atoms with van der Waals surface area (Å²) in [5.41, 5.74) is 4.82. The van der Waals surface area contributed by atoms with E-state index in [4.69, 9.17) is 16.3 Å². The number of nitriles is 1. The zero-order valence-electron chi connectivity index (χ0n) is 20.6. The quantitative estimate of drug-likeness (QED) is 0.537. The van der Waals surface area contributed by atoms with Crippen LogP contribution in [-0.4, -0.2) is 46.2 Å². The average molecular weight is 492 g/mol. The maximum atomic E-state index is 12.8. The Hall–Kier alpha value is -3.08. The SMILES string of the molecule is CCC(c1cc(Cl)cc2c1OCC2)N1C[C@H](C)N(c2cc(=O)n(C)c3ccc(C#N)nc23)C[C@H]1C. The third-order valence-electron chi connectivity index (χ3n) is 7.45. The zero-order chi connectivity index (χ0) is 24.9. The van der Waals surface area contributed by atoms with Crippen LogP contribution in [0.3, 0.4) is 0 Å². The molecule has 0 saturated carbocycles. The molecule has 0 radical (unpaired) electrons. The van der Waals surface area contributed by atoms with Crippen molar-refractivity contribution in [3.05, 3.63) is 62.5 Å². The van der Waals surface area contributed by atoms with Crippen LogP contribution >= 0.6 is 11.6 Å². The second-order valence-electron chi connectivity index (χ2n) is 9.66. The van der Waals surface area contributed by atoms with Gasteiger partial charge in [-0.2, -0.15) is 5.26 Å². The molecule has 8 heteroatoms. The molecule has 2 aliphatic rings. The Morgan fingerprint density at radius 1 is 1.23 bits per heavy atom. The number of aromatic nitrogens is 2. The molecule has 0 aliphatic carbocycles. The highest BCUT2D eigenvalue weighted by Crippen LogP contribution is 2.41. The first-order chi connectivity index (χ1) is 16.8. The van der Waals surface area contributed by atoms with Crippen molar-refractivity contribution in [1.82, 2.24) is 14.5 Å². The summed E-state index contributed by atoms with van der Waals surface area (Å²) in [5, 5.41) is 10.2. The van der Waals surface area contributed by atoms with Gasteiger partial charge in [-0.3, -0.25) is 9.69 Å². The number of ether oxygens (including phenoxy) is 1. The number of rotatable bonds is 4. The molecule has 5 rings (SSSR count). The van der Waals surface area contributed by atoms with E-state index in [1.807, 2.05) is 12.1 Å². The minimum atomic E-state index is -0.0839. The van der Waals surface area contributed by atoms with Crippen molar-refractivity contribution >= 4 is 28.3 Å². The van der Waals surface area contributed by atoms with Gasteiger partial charge in [0.25, 0.3) is 5.56 Å². The molecule has 0 spiro atoms. The number of benzene rings is 1. The average Bonchev–Trinajstić information content (AvgIpc) is 3.32. The Morgan fingerprint density at radius 2 is 2.03 bits per heavy atom. The van der Waals surface area contributed by atoms with Gasteiger partial charge in [-0.05, 0) is 50.1 Å². The summed E-state index contributed by atoms with van der Waals surface area (Å²) in [5.74, 6) is 0.995. The summed E-state index contributed by atoms with van der Waals surface area (Å²) in [6.07, 6.45) is 1.84. The van der Waals surface area contributed by atoms with Gasteiger partial charge in [-0.25, -0.2) is 4.98 Å². The molecule has 4 heterocycles. The van der Waals surface area contributed by atoms with Gasteiger partial charge in [0.15, 0.2) is 0 Å². The number of hydrogen-bond acceptors (Lipinski definition) is 6. The highest BCUT2D eigenvalue weighted by molar-refractivity contribution is 6.30. The van der Waals surface area contributed by atoms with Gasteiger partial charge < -0.3 is 14.2 Å². The maximum absolute atomic E-state index is 12.8. The molecule has 1 fully saturated rings. The summed E-state index contributed by atoms with van der Waals surface area (Å²) in [4.78, 5) is 22.2. The van der Waals surface area contributed by atoms with Gasteiger partial charge in [-0.15, -0.1) is 0 Å². The summed E-state index contributed by atoms with van der Waals surface area (Å²) >= 11 is 6.50. The van der Waals surface area contributed by atoms with Crippen molar-refractivity contribution in [3.8, 4) is 11.8 Å². The molecule has 35 heavy (non-hydrogen) atoms. The minimum Gasteiger partial charge on any atom is -0.493 e. The van der Waals surface area contributed by atoms with Crippen LogP contribution in [-0.2, 0) is 13.5 Å². The van der Waals surface area contributed by atoms with Gasteiger partial charge in [0.1, 0.15) is 23.0 Å². The summed E-state index contributed by atoms with van der Waals surface area (Å²) in [6, 6.07) is 11.9. The number of aryl methyl sites for hydroxylation is 1. The van der Waals surface area contributed by atoms with E-state index in [1.165, 1.54) is 11.1 Å². The van der Waals surface area contributed by atoms with Crippen LogP contribution in [0.2, 0.25) is 5.02 Å². The van der Waals surface area contributed by atoms with Gasteiger partial charge in [-0.1, -0.05) is 18.5 Å². The molecule has 182 valence electrons. The van der Waals surface area contributed by atoms with Crippen LogP contribution < -0.4 is 15.2 Å². The van der Waals surface area contributed by atoms with Gasteiger partial charge in [0, 0.05) is 61.3 Å². The van der Waals surface area contributed by atoms with E-state index >= 15 is 0 Å². The van der Waals surface area contributed by atoms with E-state index in [-0.39, 0.29) is 23.7 Å². The lowest BCUT2D eigenvalue weighted by Gasteiger charge is -2.48. The largest absolute Gasteiger partial charge is 0.493 e. The van der Waals surface area contributed by atoms with E-state index < -0.39 is 0 Å². The number of pyridine rings is 2. The summed E-state index contributed by atoms with van der Waals surface area (Å²) < 4.78 is 7.63. The van der Waals surface area contributed by atoms with Crippen molar-refractivity contribution in [3.63, 3.8) is 0 Å². The van der Waals surface area contributed by atoms with Crippen LogP contribution in [0.1, 0.15) is 50.1 Å². The first-order valence-corrected chi connectivity index (χ1v) is 12.6. The van der Waals surface area contributed by atoms with Crippen molar-refractivity contribution in [1.29, 1.82) is 5.26 Å². The van der Waals surface area contributed by atoms with Crippen LogP contribution in [0, 0.1) is 11.3 Å². The molecule has 0 N–H and O–H groups in total. The van der Waals surface area contributed by atoms with Crippen LogP contribution in [0.4, 0.5) is 5.69 Å². The molecule has 0 amide bonds. The Bertz CT molecular complexity index is 1400. The van der Waals surface area contributed by atoms with Crippen LogP contribution in [0.5, 0.6) is 5.75 Å². The van der Waals surface area contributed by atoms with E-state index in [1.54, 1.807) is 23.7 Å². The molecule has 1 aromatic carbocycles. The number of nitrogens with zero attached hydrogens (tertiary/aromatic N) is 5. The van der Waals surface area contributed by atoms with Crippen molar-refractivity contribution < 1.29 is 4.74 Å². The number of hydrogen-bond donors (Lipinski definition) is 0. The monoisotopic (exact) mass is 491 g/mol. The predicted molar refractivity (Wildman–Crippen MR) is 138 cm³/mol. The van der Waals surface area contributed by atoms with Gasteiger partial charge in [0.2, 0.25) is 0 Å². The van der Waals surface area contributed by atoms with Crippen molar-refractivity contribution in [2.75, 3.05) is 24.6 Å². The lowest BCUT2D eigenvalue weighted by atomic mass is 9.95. The van der Waals surface area contributed by atoms with Gasteiger partial charge >= 0.3 is 0 Å². The lowest BCUT2D eigenvalue weighted by molar-refractivity contribution is 0.105. The third kappa shape index (κ3) is 4.05. The Labute approximate surface area is 210 Å². The standard InChI is InChI=1S/C27H30ClN5O2/c1-5-22(21-11-19(28)10-18-8-9-35-27(18)21)32-14-17(3)33(15-16(32)2)24-12-25(34)31(4)23-7-6-20(13-29)30-26(23)24/h6-7,10-12,16-17,22H,5,8-9,14-15H2,1-4H3/t16-,17+,22?/m1/s1. The van der Waals surface area contributed by atoms with E-state index in [0.717, 1.165) is 47.9 Å². The summed E-state index contributed by atoms with van der Waals surface area (Å²) in [6.45, 7) is 8.87. The molecule has 7 nitrogen and oxygen atoms in total. The molecule has 2 aromatic heterocycles. The molecular formula is C27H30ClN5O2. The fourth-order valence-electron chi connectivity index (χ4n) is 5.69. The number of halogens is 1. The van der Waals surface area contributed by atoms with E-state index in [2.05, 4.69) is 47.7 Å².